The van der Waals surface area contributed by atoms with E-state index in [1.807, 2.05) is 6.26 Å². The van der Waals surface area contributed by atoms with Crippen LogP contribution in [0, 0.1) is 0 Å². The number of nitrogens with two attached hydrogens (primary N) is 2. The van der Waals surface area contributed by atoms with E-state index < -0.39 is 66.7 Å². The van der Waals surface area contributed by atoms with Crippen LogP contribution in [0.2, 0.25) is 0 Å². The summed E-state index contributed by atoms with van der Waals surface area (Å²) < 4.78 is 72.7. The molecule has 18 nitrogen and oxygen atoms in total. The van der Waals surface area contributed by atoms with Gasteiger partial charge in [0.25, 0.3) is 4.93 Å². The molecule has 1 saturated heterocycles. The summed E-state index contributed by atoms with van der Waals surface area (Å²) in [5, 5.41) is 34.5. The maximum absolute atomic E-state index is 12.2. The van der Waals surface area contributed by atoms with Gasteiger partial charge in [0.1, 0.15) is 36.4 Å². The summed E-state index contributed by atoms with van der Waals surface area (Å²) in [5.74, 6) is -0.381. The molecule has 0 aromatic carbocycles. The number of anilines is 1. The van der Waals surface area contributed by atoms with Crippen molar-refractivity contribution in [2.75, 3.05) is 24.3 Å². The van der Waals surface area contributed by atoms with Gasteiger partial charge in [-0.25, -0.2) is 15.0 Å². The number of carboxylic acids is 1. The number of thioether (sulfide) groups is 1. The van der Waals surface area contributed by atoms with Crippen molar-refractivity contribution in [2.45, 2.75) is 34.7 Å². The lowest BCUT2D eigenvalue weighted by Crippen LogP contribution is -2.65. The molecule has 36 heavy (non-hydrogen) atoms. The number of hydrogen-bond acceptors (Lipinski definition) is 15. The molecule has 0 amide bonds. The number of aromatic nitrogens is 4. The number of ether oxygens (including phenoxy) is 1. The van der Waals surface area contributed by atoms with Gasteiger partial charge in [-0.3, -0.25) is 18.5 Å². The number of nitrogen functional groups attached to an aromatic ring is 1. The largest absolute Gasteiger partial charge is 0.480 e. The molecule has 0 radical (unpaired) electrons. The number of rotatable bonds is 8. The SMILES string of the molecule is CSCCC(N)C(=O)O.Nc1ncnc2c1ncn2[C@]1(S(=O)(=O)O)O[C@H](CO)[C@@H](O)[C@]1(O)S(=O)(=O)O. The summed E-state index contributed by atoms with van der Waals surface area (Å²) in [6.45, 7) is -1.19. The van der Waals surface area contributed by atoms with Crippen LogP contribution in [0.25, 0.3) is 11.2 Å². The monoisotopic (exact) mass is 576 g/mol. The number of aliphatic hydroxyl groups excluding tert-OH is 2. The van der Waals surface area contributed by atoms with Crippen molar-refractivity contribution in [1.29, 1.82) is 0 Å². The van der Waals surface area contributed by atoms with Crippen molar-refractivity contribution in [2.24, 2.45) is 5.73 Å². The van der Waals surface area contributed by atoms with Crippen molar-refractivity contribution < 1.29 is 55.9 Å². The number of nitrogens with zero attached hydrogens (tertiary/aromatic N) is 4. The van der Waals surface area contributed by atoms with E-state index in [0.29, 0.717) is 12.7 Å². The fourth-order valence-electron chi connectivity index (χ4n) is 3.28. The molecular weight excluding hydrogens is 552 g/mol. The summed E-state index contributed by atoms with van der Waals surface area (Å²) in [7, 11) is -11.7. The lowest BCUT2D eigenvalue weighted by atomic mass is 10.1. The van der Waals surface area contributed by atoms with Gasteiger partial charge in [0.05, 0.1) is 6.61 Å². The van der Waals surface area contributed by atoms with E-state index >= 15 is 0 Å². The Hall–Kier alpha value is -2.21. The molecule has 1 fully saturated rings. The topological polar surface area (TPSA) is 312 Å². The summed E-state index contributed by atoms with van der Waals surface area (Å²) >= 11 is 1.60. The van der Waals surface area contributed by atoms with Crippen LogP contribution in [-0.4, -0.2) is 114 Å². The first kappa shape index (κ1) is 30.0. The molecule has 0 spiro atoms. The highest BCUT2D eigenvalue weighted by molar-refractivity contribution is 7.98. The van der Waals surface area contributed by atoms with Crippen LogP contribution >= 0.6 is 11.8 Å². The Labute approximate surface area is 207 Å². The normalized spacial score (nSPS) is 27.4. The quantitative estimate of drug-likeness (QED) is 0.141. The van der Waals surface area contributed by atoms with E-state index in [1.54, 1.807) is 11.8 Å². The first-order valence-electron chi connectivity index (χ1n) is 9.55. The smallest absolute Gasteiger partial charge is 0.327 e. The molecule has 0 bridgehead atoms. The Bertz CT molecular complexity index is 1320. The summed E-state index contributed by atoms with van der Waals surface area (Å²) in [5.41, 5.74) is 9.94. The molecule has 3 rings (SSSR count). The zero-order valence-electron chi connectivity index (χ0n) is 18.3. The van der Waals surface area contributed by atoms with Gasteiger partial charge >= 0.3 is 31.3 Å². The van der Waals surface area contributed by atoms with Crippen LogP contribution in [0.1, 0.15) is 6.42 Å². The average Bonchev–Trinajstić information content (AvgIpc) is 3.31. The number of carboxylic acid groups (broad SMARTS) is 1. The van der Waals surface area contributed by atoms with Gasteiger partial charge in [0, 0.05) is 0 Å². The van der Waals surface area contributed by atoms with Crippen LogP contribution in [-0.2, 0) is 34.8 Å². The summed E-state index contributed by atoms with van der Waals surface area (Å²) in [4.78, 5) is 16.9. The average molecular weight is 577 g/mol. The molecule has 1 aliphatic heterocycles. The highest BCUT2D eigenvalue weighted by Crippen LogP contribution is 2.50. The summed E-state index contributed by atoms with van der Waals surface area (Å²) in [6.07, 6.45) is -0.891. The Balaban J connectivity index is 0.000000434. The molecule has 1 aliphatic rings. The fourth-order valence-corrected chi connectivity index (χ4v) is 6.45. The number of imidazole rings is 1. The molecule has 204 valence electrons. The maximum atomic E-state index is 12.2. The molecule has 21 heteroatoms. The second-order valence-corrected chi connectivity index (χ2v) is 11.3. The minimum absolute atomic E-state index is 0.238. The van der Waals surface area contributed by atoms with Gasteiger partial charge < -0.3 is 36.6 Å². The predicted molar refractivity (Wildman–Crippen MR) is 122 cm³/mol. The lowest BCUT2D eigenvalue weighted by molar-refractivity contribution is -0.138. The zero-order chi connectivity index (χ0) is 27.7. The van der Waals surface area contributed by atoms with Gasteiger partial charge in [-0.15, -0.1) is 0 Å². The van der Waals surface area contributed by atoms with Crippen LogP contribution in [0.5, 0.6) is 0 Å². The number of fused-ring (bicyclic) bond motifs is 1. The fraction of sp³-hybridized carbons (Fsp3) is 0.600. The van der Waals surface area contributed by atoms with E-state index in [1.165, 1.54) is 0 Å². The molecule has 2 aromatic rings. The van der Waals surface area contributed by atoms with Gasteiger partial charge in [0.15, 0.2) is 11.5 Å². The molecule has 1 unspecified atom stereocenters. The highest BCUT2D eigenvalue weighted by Gasteiger charge is 2.80. The second-order valence-electron chi connectivity index (χ2n) is 7.28. The van der Waals surface area contributed by atoms with Gasteiger partial charge in [0.2, 0.25) is 0 Å². The first-order chi connectivity index (χ1) is 16.5. The van der Waals surface area contributed by atoms with Crippen LogP contribution in [0.3, 0.4) is 0 Å². The molecule has 3 heterocycles. The molecule has 0 saturated carbocycles. The number of carbonyl (C=O) groups is 1. The Morgan fingerprint density at radius 3 is 2.33 bits per heavy atom. The second kappa shape index (κ2) is 10.6. The highest BCUT2D eigenvalue weighted by atomic mass is 32.2. The van der Waals surface area contributed by atoms with E-state index in [4.69, 9.17) is 21.3 Å². The minimum atomic E-state index is -5.88. The maximum Gasteiger partial charge on any atom is 0.327 e. The van der Waals surface area contributed by atoms with Gasteiger partial charge in [-0.05, 0) is 18.4 Å². The number of aliphatic carboxylic acids is 1. The third kappa shape index (κ3) is 4.85. The van der Waals surface area contributed by atoms with Crippen molar-refractivity contribution in [3.63, 3.8) is 0 Å². The number of hydrogen-bond donors (Lipinski definition) is 8. The van der Waals surface area contributed by atoms with Gasteiger partial charge in [-0.2, -0.15) is 28.6 Å². The first-order valence-corrected chi connectivity index (χ1v) is 13.8. The third-order valence-corrected chi connectivity index (χ3v) is 8.45. The molecule has 5 atom stereocenters. The minimum Gasteiger partial charge on any atom is -0.480 e. The molecule has 2 aromatic heterocycles. The Morgan fingerprint density at radius 2 is 1.86 bits per heavy atom. The van der Waals surface area contributed by atoms with Crippen LogP contribution in [0.4, 0.5) is 5.82 Å². The Morgan fingerprint density at radius 1 is 1.25 bits per heavy atom. The molecule has 10 N–H and O–H groups in total. The van der Waals surface area contributed by atoms with Crippen molar-refractivity contribution >= 4 is 54.9 Å². The van der Waals surface area contributed by atoms with E-state index in [-0.39, 0.29) is 15.9 Å². The third-order valence-electron chi connectivity index (χ3n) is 5.07. The number of aliphatic hydroxyl groups is 3. The molecular formula is C15H24N6O12S3. The lowest BCUT2D eigenvalue weighted by Gasteiger charge is -2.36. The van der Waals surface area contributed by atoms with Crippen molar-refractivity contribution in [3.05, 3.63) is 12.7 Å². The molecule has 0 aliphatic carbocycles. The van der Waals surface area contributed by atoms with E-state index in [2.05, 4.69) is 15.0 Å². The predicted octanol–water partition coefficient (Wildman–Crippen LogP) is -3.61. The van der Waals surface area contributed by atoms with E-state index in [9.17, 15) is 46.1 Å². The van der Waals surface area contributed by atoms with Crippen molar-refractivity contribution in [1.82, 2.24) is 19.5 Å². The Kier molecular flexibility index (Phi) is 8.88. The van der Waals surface area contributed by atoms with Crippen LogP contribution in [0.15, 0.2) is 12.7 Å². The van der Waals surface area contributed by atoms with E-state index in [0.717, 1.165) is 12.1 Å². The standard InChI is InChI=1S/C10H13N5O10S2.C5H11NO2S/c11-7-5-8(13-2-12-7)15(3-14-5)10(27(22,23)24)9(18,26(19,20)21)6(17)4(1-16)25-10;1-9-3-2-4(6)5(7)8/h2-4,6,16-18H,1H2,(H2,11,12,13)(H,19,20,21)(H,22,23,24);4H,2-3,6H2,1H3,(H,7,8)/t4-,6-,9+,10+;/m1./s1. The van der Waals surface area contributed by atoms with Crippen LogP contribution < -0.4 is 11.5 Å². The zero-order valence-corrected chi connectivity index (χ0v) is 20.8. The van der Waals surface area contributed by atoms with Gasteiger partial charge in [-0.1, -0.05) is 0 Å². The summed E-state index contributed by atoms with van der Waals surface area (Å²) in [6, 6.07) is -0.683. The van der Waals surface area contributed by atoms with Crippen molar-refractivity contribution in [3.8, 4) is 0 Å².